The fourth-order valence-electron chi connectivity index (χ4n) is 3.60. The number of hydrogen-bond donors (Lipinski definition) is 0. The van der Waals surface area contributed by atoms with E-state index in [4.69, 9.17) is 9.47 Å². The van der Waals surface area contributed by atoms with E-state index in [1.807, 2.05) is 42.5 Å². The Morgan fingerprint density at radius 3 is 2.57 bits per heavy atom. The van der Waals surface area contributed by atoms with Crippen molar-refractivity contribution in [2.75, 3.05) is 7.11 Å². The summed E-state index contributed by atoms with van der Waals surface area (Å²) in [6.45, 7) is 0.0412. The SMILES string of the molecule is COc1ccc(C=C2CCc3ccccc3C2=O)cc1COc1ccc(F)cc1F. The Hall–Kier alpha value is -3.47. The van der Waals surface area contributed by atoms with Gasteiger partial charge in [-0.3, -0.25) is 4.79 Å². The maximum atomic E-state index is 13.8. The lowest BCUT2D eigenvalue weighted by atomic mass is 9.86. The number of allylic oxidation sites excluding steroid dienone is 1. The third-order valence-electron chi connectivity index (χ3n) is 5.14. The molecule has 0 spiro atoms. The molecule has 3 nitrogen and oxygen atoms in total. The van der Waals surface area contributed by atoms with Crippen LogP contribution in [0.15, 0.2) is 66.2 Å². The first kappa shape index (κ1) is 19.8. The maximum absolute atomic E-state index is 13.8. The summed E-state index contributed by atoms with van der Waals surface area (Å²) >= 11 is 0. The smallest absolute Gasteiger partial charge is 0.189 e. The second kappa shape index (κ2) is 8.49. The minimum Gasteiger partial charge on any atom is -0.496 e. The highest BCUT2D eigenvalue weighted by Crippen LogP contribution is 2.29. The number of halogens is 2. The number of benzene rings is 3. The van der Waals surface area contributed by atoms with Gasteiger partial charge in [-0.05, 0) is 54.3 Å². The predicted molar refractivity (Wildman–Crippen MR) is 111 cm³/mol. The molecule has 1 aliphatic carbocycles. The van der Waals surface area contributed by atoms with Gasteiger partial charge in [0.05, 0.1) is 7.11 Å². The van der Waals surface area contributed by atoms with Crippen LogP contribution in [0.4, 0.5) is 8.78 Å². The standard InChI is InChI=1S/C25H20F2O3/c1-29-23-10-6-16(12-18-8-7-17-4-2-3-5-21(17)25(18)28)13-19(23)15-30-24-11-9-20(26)14-22(24)27/h2-6,9-14H,7-8,15H2,1H3. The van der Waals surface area contributed by atoms with Crippen molar-refractivity contribution in [3.8, 4) is 11.5 Å². The molecular weight excluding hydrogens is 386 g/mol. The van der Waals surface area contributed by atoms with E-state index in [0.29, 0.717) is 17.7 Å². The zero-order valence-corrected chi connectivity index (χ0v) is 16.5. The van der Waals surface area contributed by atoms with E-state index >= 15 is 0 Å². The van der Waals surface area contributed by atoms with E-state index in [1.165, 1.54) is 13.2 Å². The molecular formula is C25H20F2O3. The van der Waals surface area contributed by atoms with Crippen molar-refractivity contribution in [3.05, 3.63) is 100 Å². The molecule has 0 amide bonds. The van der Waals surface area contributed by atoms with Crippen LogP contribution in [0, 0.1) is 11.6 Å². The molecule has 0 N–H and O–H groups in total. The van der Waals surface area contributed by atoms with Gasteiger partial charge < -0.3 is 9.47 Å². The molecule has 152 valence electrons. The molecule has 1 aliphatic rings. The van der Waals surface area contributed by atoms with Crippen molar-refractivity contribution in [2.45, 2.75) is 19.4 Å². The van der Waals surface area contributed by atoms with Crippen LogP contribution < -0.4 is 9.47 Å². The summed E-state index contributed by atoms with van der Waals surface area (Å²) in [6, 6.07) is 16.3. The van der Waals surface area contributed by atoms with Gasteiger partial charge in [0.15, 0.2) is 17.3 Å². The van der Waals surface area contributed by atoms with E-state index in [0.717, 1.165) is 40.8 Å². The Labute approximate surface area is 173 Å². The Bertz CT molecular complexity index is 1130. The highest BCUT2D eigenvalue weighted by Gasteiger charge is 2.21. The summed E-state index contributed by atoms with van der Waals surface area (Å²) in [5.74, 6) is -0.844. The van der Waals surface area contributed by atoms with E-state index < -0.39 is 11.6 Å². The Kier molecular flexibility index (Phi) is 5.61. The predicted octanol–water partition coefficient (Wildman–Crippen LogP) is 5.76. The van der Waals surface area contributed by atoms with E-state index in [9.17, 15) is 13.6 Å². The average Bonchev–Trinajstić information content (AvgIpc) is 2.75. The van der Waals surface area contributed by atoms with Crippen LogP contribution in [-0.4, -0.2) is 12.9 Å². The van der Waals surface area contributed by atoms with Crippen molar-refractivity contribution in [3.63, 3.8) is 0 Å². The molecule has 0 bridgehead atoms. The molecule has 0 unspecified atom stereocenters. The van der Waals surface area contributed by atoms with Crippen molar-refractivity contribution >= 4 is 11.9 Å². The number of rotatable bonds is 5. The fourth-order valence-corrected chi connectivity index (χ4v) is 3.60. The van der Waals surface area contributed by atoms with E-state index in [2.05, 4.69) is 0 Å². The zero-order chi connectivity index (χ0) is 21.1. The van der Waals surface area contributed by atoms with Gasteiger partial charge in [0.25, 0.3) is 0 Å². The van der Waals surface area contributed by atoms with Crippen LogP contribution in [0.5, 0.6) is 11.5 Å². The monoisotopic (exact) mass is 406 g/mol. The molecule has 0 radical (unpaired) electrons. The van der Waals surface area contributed by atoms with Crippen LogP contribution in [0.3, 0.4) is 0 Å². The van der Waals surface area contributed by atoms with Gasteiger partial charge in [0.2, 0.25) is 0 Å². The van der Waals surface area contributed by atoms with Gasteiger partial charge in [0.1, 0.15) is 18.2 Å². The van der Waals surface area contributed by atoms with Gasteiger partial charge in [-0.1, -0.05) is 30.3 Å². The Balaban J connectivity index is 1.58. The zero-order valence-electron chi connectivity index (χ0n) is 16.5. The van der Waals surface area contributed by atoms with Crippen LogP contribution >= 0.6 is 0 Å². The van der Waals surface area contributed by atoms with Gasteiger partial charge in [0, 0.05) is 22.8 Å². The lowest BCUT2D eigenvalue weighted by molar-refractivity contribution is 0.102. The van der Waals surface area contributed by atoms with Gasteiger partial charge >= 0.3 is 0 Å². The highest BCUT2D eigenvalue weighted by molar-refractivity contribution is 6.13. The number of hydrogen-bond acceptors (Lipinski definition) is 3. The van der Waals surface area contributed by atoms with Gasteiger partial charge in [-0.15, -0.1) is 0 Å². The summed E-state index contributed by atoms with van der Waals surface area (Å²) in [6.07, 6.45) is 3.37. The minimum absolute atomic E-state index is 0.0405. The summed E-state index contributed by atoms with van der Waals surface area (Å²) in [5, 5.41) is 0. The molecule has 4 rings (SSSR count). The highest BCUT2D eigenvalue weighted by atomic mass is 19.1. The van der Waals surface area contributed by atoms with Crippen molar-refractivity contribution in [1.82, 2.24) is 0 Å². The Morgan fingerprint density at radius 2 is 1.77 bits per heavy atom. The van der Waals surface area contributed by atoms with Crippen molar-refractivity contribution in [2.24, 2.45) is 0 Å². The molecule has 0 saturated heterocycles. The quantitative estimate of drug-likeness (QED) is 0.505. The third kappa shape index (κ3) is 4.10. The molecule has 0 saturated carbocycles. The lowest BCUT2D eigenvalue weighted by Crippen LogP contribution is -2.13. The molecule has 0 aliphatic heterocycles. The molecule has 0 fully saturated rings. The molecule has 5 heteroatoms. The molecule has 3 aromatic rings. The molecule has 0 aromatic heterocycles. The molecule has 0 heterocycles. The Morgan fingerprint density at radius 1 is 0.967 bits per heavy atom. The topological polar surface area (TPSA) is 35.5 Å². The lowest BCUT2D eigenvalue weighted by Gasteiger charge is -2.17. The minimum atomic E-state index is -0.765. The fraction of sp³-hybridized carbons (Fsp3) is 0.160. The third-order valence-corrected chi connectivity index (χ3v) is 5.14. The summed E-state index contributed by atoms with van der Waals surface area (Å²) < 4.78 is 37.8. The number of ketones is 1. The summed E-state index contributed by atoms with van der Waals surface area (Å²) in [5.41, 5.74) is 4.09. The molecule has 0 atom stereocenters. The molecule has 30 heavy (non-hydrogen) atoms. The van der Waals surface area contributed by atoms with Crippen LogP contribution in [0.2, 0.25) is 0 Å². The normalized spacial score (nSPS) is 14.5. The van der Waals surface area contributed by atoms with Crippen molar-refractivity contribution < 1.29 is 23.0 Å². The number of ether oxygens (including phenoxy) is 2. The number of methoxy groups -OCH3 is 1. The van der Waals surface area contributed by atoms with Crippen molar-refractivity contribution in [1.29, 1.82) is 0 Å². The number of Topliss-reactive ketones (excluding diaryl/α,β-unsaturated/α-hetero) is 1. The van der Waals surface area contributed by atoms with E-state index in [1.54, 1.807) is 6.07 Å². The second-order valence-electron chi connectivity index (χ2n) is 7.09. The summed E-state index contributed by atoms with van der Waals surface area (Å²) in [7, 11) is 1.54. The maximum Gasteiger partial charge on any atom is 0.189 e. The number of carbonyl (C=O) groups is 1. The number of fused-ring (bicyclic) bond motifs is 1. The second-order valence-corrected chi connectivity index (χ2v) is 7.09. The largest absolute Gasteiger partial charge is 0.496 e. The van der Waals surface area contributed by atoms with E-state index in [-0.39, 0.29) is 18.1 Å². The summed E-state index contributed by atoms with van der Waals surface area (Å²) in [4.78, 5) is 12.8. The van der Waals surface area contributed by atoms with Crippen LogP contribution in [0.1, 0.15) is 33.5 Å². The van der Waals surface area contributed by atoms with Gasteiger partial charge in [-0.25, -0.2) is 8.78 Å². The first-order valence-corrected chi connectivity index (χ1v) is 9.63. The van der Waals surface area contributed by atoms with Gasteiger partial charge in [-0.2, -0.15) is 0 Å². The number of aryl methyl sites for hydroxylation is 1. The van der Waals surface area contributed by atoms with Crippen LogP contribution in [0.25, 0.3) is 6.08 Å². The molecule has 3 aromatic carbocycles. The first-order chi connectivity index (χ1) is 14.5. The first-order valence-electron chi connectivity index (χ1n) is 9.63. The van der Waals surface area contributed by atoms with Crippen LogP contribution in [-0.2, 0) is 13.0 Å². The average molecular weight is 406 g/mol. The number of carbonyl (C=O) groups excluding carboxylic acids is 1.